The molecule has 2 fully saturated rings. The first-order chi connectivity index (χ1) is 8.38. The summed E-state index contributed by atoms with van der Waals surface area (Å²) in [4.78, 5) is 25.7. The second-order valence-electron chi connectivity index (χ2n) is 6.35. The number of carbonyl (C=O) groups excluding carboxylic acids is 2. The second kappa shape index (κ2) is 4.90. The second-order valence-corrected chi connectivity index (χ2v) is 6.35. The van der Waals surface area contributed by atoms with Crippen LogP contribution in [0, 0.1) is 5.92 Å². The fraction of sp³-hybridized carbons (Fsp3) is 0.857. The Morgan fingerprint density at radius 3 is 2.56 bits per heavy atom. The number of nitrogens with zero attached hydrogens (tertiary/aromatic N) is 1. The highest BCUT2D eigenvalue weighted by molar-refractivity contribution is 5.84. The minimum absolute atomic E-state index is 0.0556. The van der Waals surface area contributed by atoms with Crippen LogP contribution in [-0.2, 0) is 9.53 Å². The van der Waals surface area contributed by atoms with Gasteiger partial charge in [-0.1, -0.05) is 0 Å². The number of carbonyl (C=O) groups is 2. The molecule has 1 amide bonds. The van der Waals surface area contributed by atoms with Gasteiger partial charge < -0.3 is 9.64 Å². The van der Waals surface area contributed by atoms with Gasteiger partial charge in [-0.3, -0.25) is 4.79 Å². The van der Waals surface area contributed by atoms with Crippen molar-refractivity contribution in [2.45, 2.75) is 64.5 Å². The molecular weight excluding hydrogens is 230 g/mol. The van der Waals surface area contributed by atoms with Gasteiger partial charge in [0, 0.05) is 24.9 Å². The third-order valence-corrected chi connectivity index (χ3v) is 3.74. The predicted molar refractivity (Wildman–Crippen MR) is 68.3 cm³/mol. The van der Waals surface area contributed by atoms with Crippen LogP contribution in [0.1, 0.15) is 52.9 Å². The lowest BCUT2D eigenvalue weighted by Gasteiger charge is -2.31. The van der Waals surface area contributed by atoms with Crippen LogP contribution in [0.3, 0.4) is 0 Å². The Morgan fingerprint density at radius 2 is 2.00 bits per heavy atom. The van der Waals surface area contributed by atoms with Crippen LogP contribution >= 0.6 is 0 Å². The number of Topliss-reactive ketones (excluding diaryl/α,β-unsaturated/α-hetero) is 1. The van der Waals surface area contributed by atoms with Crippen LogP contribution < -0.4 is 0 Å². The monoisotopic (exact) mass is 253 g/mol. The Hall–Kier alpha value is -1.06. The zero-order valence-corrected chi connectivity index (χ0v) is 11.6. The van der Waals surface area contributed by atoms with Crippen molar-refractivity contribution in [3.63, 3.8) is 0 Å². The molecule has 1 aliphatic heterocycles. The first kappa shape index (κ1) is 13.4. The van der Waals surface area contributed by atoms with E-state index in [-0.39, 0.29) is 18.1 Å². The molecule has 102 valence electrons. The molecule has 1 saturated carbocycles. The summed E-state index contributed by atoms with van der Waals surface area (Å²) in [7, 11) is 0. The van der Waals surface area contributed by atoms with Gasteiger partial charge in [-0.25, -0.2) is 4.79 Å². The van der Waals surface area contributed by atoms with E-state index < -0.39 is 5.60 Å². The molecule has 1 heterocycles. The first-order valence-electron chi connectivity index (χ1n) is 6.91. The fourth-order valence-corrected chi connectivity index (χ4v) is 3.01. The van der Waals surface area contributed by atoms with E-state index in [4.69, 9.17) is 4.74 Å². The summed E-state index contributed by atoms with van der Waals surface area (Å²) in [6, 6.07) is 0.0786. The third-order valence-electron chi connectivity index (χ3n) is 3.74. The lowest BCUT2D eigenvalue weighted by atomic mass is 9.95. The molecule has 0 aromatic carbocycles. The van der Waals surface area contributed by atoms with E-state index in [9.17, 15) is 9.59 Å². The third kappa shape index (κ3) is 2.85. The number of amides is 1. The molecule has 0 unspecified atom stereocenters. The quantitative estimate of drug-likeness (QED) is 0.722. The summed E-state index contributed by atoms with van der Waals surface area (Å²) >= 11 is 0. The van der Waals surface area contributed by atoms with Gasteiger partial charge in [0.25, 0.3) is 0 Å². The van der Waals surface area contributed by atoms with Crippen LogP contribution in [0.4, 0.5) is 4.79 Å². The first-order valence-corrected chi connectivity index (χ1v) is 6.91. The number of ether oxygens (including phenoxy) is 1. The standard InChI is InChI=1S/C14H23NO3/c1-14(2,3)18-13(17)15-9-5-7-11(15)10-6-4-8-12(10)16/h10-11H,4-9H2,1-3H3/t10-,11+/m1/s1. The zero-order chi connectivity index (χ0) is 13.3. The van der Waals surface area contributed by atoms with E-state index in [1.807, 2.05) is 20.8 Å². The van der Waals surface area contributed by atoms with E-state index in [0.29, 0.717) is 12.2 Å². The maximum Gasteiger partial charge on any atom is 0.410 e. The molecule has 0 radical (unpaired) electrons. The molecule has 0 bridgehead atoms. The Morgan fingerprint density at radius 1 is 1.28 bits per heavy atom. The van der Waals surface area contributed by atoms with Crippen molar-refractivity contribution in [3.05, 3.63) is 0 Å². The number of rotatable bonds is 1. The molecule has 1 saturated heterocycles. The molecule has 0 aromatic heterocycles. The van der Waals surface area contributed by atoms with Gasteiger partial charge in [0.15, 0.2) is 0 Å². The van der Waals surface area contributed by atoms with Crippen molar-refractivity contribution in [1.82, 2.24) is 4.90 Å². The topological polar surface area (TPSA) is 46.6 Å². The molecule has 0 aromatic rings. The fourth-order valence-electron chi connectivity index (χ4n) is 3.01. The van der Waals surface area contributed by atoms with Crippen LogP contribution in [0.5, 0.6) is 0 Å². The largest absolute Gasteiger partial charge is 0.444 e. The molecular formula is C14H23NO3. The number of hydrogen-bond acceptors (Lipinski definition) is 3. The van der Waals surface area contributed by atoms with Crippen molar-refractivity contribution < 1.29 is 14.3 Å². The SMILES string of the molecule is CC(C)(C)OC(=O)N1CCC[C@H]1[C@H]1CCCC1=O. The smallest absolute Gasteiger partial charge is 0.410 e. The summed E-state index contributed by atoms with van der Waals surface area (Å²) in [5.41, 5.74) is -0.468. The minimum atomic E-state index is -0.468. The highest BCUT2D eigenvalue weighted by Crippen LogP contribution is 2.33. The van der Waals surface area contributed by atoms with E-state index in [0.717, 1.165) is 32.2 Å². The molecule has 0 spiro atoms. The molecule has 2 atom stereocenters. The molecule has 4 nitrogen and oxygen atoms in total. The Bertz CT molecular complexity index is 345. The van der Waals surface area contributed by atoms with E-state index in [2.05, 4.69) is 0 Å². The Labute approximate surface area is 109 Å². The van der Waals surface area contributed by atoms with Gasteiger partial charge in [-0.15, -0.1) is 0 Å². The lowest BCUT2D eigenvalue weighted by molar-refractivity contribution is -0.122. The summed E-state index contributed by atoms with van der Waals surface area (Å²) in [6.45, 7) is 6.34. The van der Waals surface area contributed by atoms with Gasteiger partial charge in [0.2, 0.25) is 0 Å². The predicted octanol–water partition coefficient (Wildman–Crippen LogP) is 2.76. The van der Waals surface area contributed by atoms with Crippen molar-refractivity contribution in [2.24, 2.45) is 5.92 Å². The molecule has 18 heavy (non-hydrogen) atoms. The Balaban J connectivity index is 2.03. The van der Waals surface area contributed by atoms with Crippen molar-refractivity contribution in [1.29, 1.82) is 0 Å². The summed E-state index contributed by atoms with van der Waals surface area (Å²) in [5, 5.41) is 0. The zero-order valence-electron chi connectivity index (χ0n) is 11.6. The molecule has 1 aliphatic carbocycles. The van der Waals surface area contributed by atoms with Crippen molar-refractivity contribution in [2.75, 3.05) is 6.54 Å². The molecule has 2 rings (SSSR count). The highest BCUT2D eigenvalue weighted by Gasteiger charge is 2.41. The molecule has 0 N–H and O–H groups in total. The van der Waals surface area contributed by atoms with Gasteiger partial charge in [0.1, 0.15) is 11.4 Å². The van der Waals surface area contributed by atoms with Crippen molar-refractivity contribution >= 4 is 11.9 Å². The lowest BCUT2D eigenvalue weighted by Crippen LogP contribution is -2.44. The van der Waals surface area contributed by atoms with Gasteiger partial charge in [-0.05, 0) is 46.5 Å². The normalized spacial score (nSPS) is 28.8. The van der Waals surface area contributed by atoms with Crippen molar-refractivity contribution in [3.8, 4) is 0 Å². The minimum Gasteiger partial charge on any atom is -0.444 e. The van der Waals surface area contributed by atoms with Crippen LogP contribution in [0.2, 0.25) is 0 Å². The number of likely N-dealkylation sites (tertiary alicyclic amines) is 1. The average molecular weight is 253 g/mol. The maximum atomic E-state index is 12.1. The van der Waals surface area contributed by atoms with Gasteiger partial charge >= 0.3 is 6.09 Å². The Kier molecular flexibility index (Phi) is 3.64. The van der Waals surface area contributed by atoms with E-state index in [1.165, 1.54) is 0 Å². The van der Waals surface area contributed by atoms with Crippen LogP contribution in [0.25, 0.3) is 0 Å². The summed E-state index contributed by atoms with van der Waals surface area (Å²) in [6.07, 6.45) is 4.25. The van der Waals surface area contributed by atoms with E-state index >= 15 is 0 Å². The van der Waals surface area contributed by atoms with E-state index in [1.54, 1.807) is 4.90 Å². The van der Waals surface area contributed by atoms with Gasteiger partial charge in [-0.2, -0.15) is 0 Å². The number of hydrogen-bond donors (Lipinski definition) is 0. The highest BCUT2D eigenvalue weighted by atomic mass is 16.6. The van der Waals surface area contributed by atoms with Crippen LogP contribution in [0.15, 0.2) is 0 Å². The van der Waals surface area contributed by atoms with Gasteiger partial charge in [0.05, 0.1) is 0 Å². The molecule has 4 heteroatoms. The maximum absolute atomic E-state index is 12.1. The summed E-state index contributed by atoms with van der Waals surface area (Å²) < 4.78 is 5.42. The summed E-state index contributed by atoms with van der Waals surface area (Å²) in [5.74, 6) is 0.385. The molecule has 2 aliphatic rings. The average Bonchev–Trinajstić information content (AvgIpc) is 2.82. The number of ketones is 1. The van der Waals surface area contributed by atoms with Crippen LogP contribution in [-0.4, -0.2) is 35.0 Å².